The van der Waals surface area contributed by atoms with E-state index in [1.165, 1.54) is 18.9 Å². The van der Waals surface area contributed by atoms with Gasteiger partial charge in [-0.25, -0.2) is 0 Å². The molecule has 1 saturated carbocycles. The van der Waals surface area contributed by atoms with Crippen LogP contribution in [0.1, 0.15) is 19.3 Å². The molecule has 1 aromatic carbocycles. The van der Waals surface area contributed by atoms with Crippen molar-refractivity contribution in [3.63, 3.8) is 0 Å². The zero-order valence-corrected chi connectivity index (χ0v) is 10.1. The fourth-order valence-corrected chi connectivity index (χ4v) is 3.27. The highest BCUT2D eigenvalue weighted by molar-refractivity contribution is 6.30. The van der Waals surface area contributed by atoms with Gasteiger partial charge in [0.1, 0.15) is 5.69 Å². The molecule has 1 saturated heterocycles. The minimum Gasteiger partial charge on any atom is -0.363 e. The quantitative estimate of drug-likeness (QED) is 0.600. The summed E-state index contributed by atoms with van der Waals surface area (Å²) >= 11 is 5.82. The minimum absolute atomic E-state index is 0.130. The van der Waals surface area contributed by atoms with Crippen LogP contribution in [0, 0.1) is 16.0 Å². The van der Waals surface area contributed by atoms with Crippen molar-refractivity contribution in [1.82, 2.24) is 0 Å². The third-order valence-electron chi connectivity index (χ3n) is 3.85. The molecule has 2 bridgehead atoms. The van der Waals surface area contributed by atoms with E-state index >= 15 is 0 Å². The zero-order valence-electron chi connectivity index (χ0n) is 9.30. The van der Waals surface area contributed by atoms with Gasteiger partial charge >= 0.3 is 0 Å². The highest BCUT2D eigenvalue weighted by Crippen LogP contribution is 2.43. The zero-order chi connectivity index (χ0) is 12.0. The van der Waals surface area contributed by atoms with Gasteiger partial charge in [0.15, 0.2) is 0 Å². The number of anilines is 1. The predicted octanol–water partition coefficient (Wildman–Crippen LogP) is 3.24. The number of halogens is 1. The van der Waals surface area contributed by atoms with E-state index < -0.39 is 0 Å². The third kappa shape index (κ3) is 1.76. The van der Waals surface area contributed by atoms with Gasteiger partial charge in [-0.3, -0.25) is 10.1 Å². The molecule has 90 valence electrons. The van der Waals surface area contributed by atoms with Crippen molar-refractivity contribution < 1.29 is 4.92 Å². The Labute approximate surface area is 104 Å². The number of nitro benzene ring substituents is 1. The summed E-state index contributed by atoms with van der Waals surface area (Å²) in [6.07, 6.45) is 3.60. The van der Waals surface area contributed by atoms with E-state index in [0.29, 0.717) is 11.1 Å². The molecule has 4 nitrogen and oxygen atoms in total. The molecule has 1 aliphatic heterocycles. The molecule has 0 aromatic heterocycles. The molecule has 1 aromatic rings. The van der Waals surface area contributed by atoms with Gasteiger partial charge in [0.05, 0.1) is 4.92 Å². The Morgan fingerprint density at radius 1 is 1.41 bits per heavy atom. The van der Waals surface area contributed by atoms with Gasteiger partial charge in [0, 0.05) is 23.7 Å². The lowest BCUT2D eigenvalue weighted by Crippen LogP contribution is -2.32. The summed E-state index contributed by atoms with van der Waals surface area (Å²) < 4.78 is 0. The van der Waals surface area contributed by atoms with Crippen LogP contribution in [-0.2, 0) is 0 Å². The molecule has 3 rings (SSSR count). The van der Waals surface area contributed by atoms with Crippen molar-refractivity contribution in [2.24, 2.45) is 5.92 Å². The number of hydrogen-bond acceptors (Lipinski definition) is 3. The third-order valence-corrected chi connectivity index (χ3v) is 4.09. The van der Waals surface area contributed by atoms with Gasteiger partial charge in [-0.1, -0.05) is 11.6 Å². The Morgan fingerprint density at radius 2 is 2.24 bits per heavy atom. The molecular weight excluding hydrogens is 240 g/mol. The Kier molecular flexibility index (Phi) is 2.47. The van der Waals surface area contributed by atoms with E-state index in [0.717, 1.165) is 24.6 Å². The summed E-state index contributed by atoms with van der Waals surface area (Å²) in [5.74, 6) is 0.718. The molecule has 2 unspecified atom stereocenters. The maximum atomic E-state index is 11.1. The smallest absolute Gasteiger partial charge is 0.294 e. The SMILES string of the molecule is O=[N+]([O-])c1cc(Cl)ccc1N1CC2CCC1C2. The van der Waals surface area contributed by atoms with Crippen LogP contribution in [0.2, 0.25) is 5.02 Å². The Hall–Kier alpha value is -1.29. The summed E-state index contributed by atoms with van der Waals surface area (Å²) in [7, 11) is 0. The largest absolute Gasteiger partial charge is 0.363 e. The second-order valence-electron chi connectivity index (χ2n) is 4.88. The van der Waals surface area contributed by atoms with Gasteiger partial charge in [0.2, 0.25) is 0 Å². The first-order valence-electron chi connectivity index (χ1n) is 5.86. The van der Waals surface area contributed by atoms with Crippen molar-refractivity contribution in [3.8, 4) is 0 Å². The molecule has 1 aliphatic carbocycles. The van der Waals surface area contributed by atoms with Crippen molar-refractivity contribution in [2.75, 3.05) is 11.4 Å². The van der Waals surface area contributed by atoms with Gasteiger partial charge in [-0.2, -0.15) is 0 Å². The van der Waals surface area contributed by atoms with Crippen LogP contribution in [0.15, 0.2) is 18.2 Å². The lowest BCUT2D eigenvalue weighted by Gasteiger charge is -2.28. The normalized spacial score (nSPS) is 26.5. The topological polar surface area (TPSA) is 46.4 Å². The van der Waals surface area contributed by atoms with Crippen LogP contribution in [0.5, 0.6) is 0 Å². The van der Waals surface area contributed by atoms with E-state index in [-0.39, 0.29) is 10.6 Å². The molecule has 2 atom stereocenters. The average molecular weight is 253 g/mol. The summed E-state index contributed by atoms with van der Waals surface area (Å²) in [5, 5.41) is 11.5. The van der Waals surface area contributed by atoms with E-state index in [9.17, 15) is 10.1 Å². The lowest BCUT2D eigenvalue weighted by atomic mass is 10.1. The highest BCUT2D eigenvalue weighted by Gasteiger charge is 2.39. The van der Waals surface area contributed by atoms with Gasteiger partial charge in [-0.05, 0) is 37.3 Å². The molecule has 0 radical (unpaired) electrons. The van der Waals surface area contributed by atoms with Crippen LogP contribution < -0.4 is 4.90 Å². The Bertz CT molecular complexity index is 478. The number of nitrogens with zero attached hydrogens (tertiary/aromatic N) is 2. The monoisotopic (exact) mass is 252 g/mol. The number of hydrogen-bond donors (Lipinski definition) is 0. The molecular formula is C12H13ClN2O2. The number of piperidine rings is 1. The van der Waals surface area contributed by atoms with E-state index in [2.05, 4.69) is 4.90 Å². The van der Waals surface area contributed by atoms with Crippen LogP contribution in [-0.4, -0.2) is 17.5 Å². The molecule has 2 fully saturated rings. The highest BCUT2D eigenvalue weighted by atomic mass is 35.5. The van der Waals surface area contributed by atoms with Crippen LogP contribution >= 0.6 is 11.6 Å². The second kappa shape index (κ2) is 3.88. The number of fused-ring (bicyclic) bond motifs is 2. The Balaban J connectivity index is 2.00. The standard InChI is InChI=1S/C12H13ClN2O2/c13-9-2-4-11(12(6-9)15(16)17)14-7-8-1-3-10(14)5-8/h2,4,6,8,10H,1,3,5,7H2. The predicted molar refractivity (Wildman–Crippen MR) is 66.6 cm³/mol. The fourth-order valence-electron chi connectivity index (χ4n) is 3.11. The van der Waals surface area contributed by atoms with Crippen LogP contribution in [0.25, 0.3) is 0 Å². The number of rotatable bonds is 2. The average Bonchev–Trinajstić information content (AvgIpc) is 2.90. The van der Waals surface area contributed by atoms with E-state index in [1.807, 2.05) is 0 Å². The summed E-state index contributed by atoms with van der Waals surface area (Å²) in [5.41, 5.74) is 0.858. The number of benzene rings is 1. The minimum atomic E-state index is -0.340. The van der Waals surface area contributed by atoms with Gasteiger partial charge < -0.3 is 4.90 Å². The summed E-state index contributed by atoms with van der Waals surface area (Å²) in [4.78, 5) is 12.9. The van der Waals surface area contributed by atoms with Gasteiger partial charge in [-0.15, -0.1) is 0 Å². The molecule has 2 aliphatic rings. The molecule has 17 heavy (non-hydrogen) atoms. The summed E-state index contributed by atoms with van der Waals surface area (Å²) in [6.45, 7) is 0.952. The molecule has 5 heteroatoms. The van der Waals surface area contributed by atoms with Crippen molar-refractivity contribution >= 4 is 23.0 Å². The summed E-state index contributed by atoms with van der Waals surface area (Å²) in [6, 6.07) is 5.44. The lowest BCUT2D eigenvalue weighted by molar-refractivity contribution is -0.384. The number of nitro groups is 1. The van der Waals surface area contributed by atoms with Crippen molar-refractivity contribution in [2.45, 2.75) is 25.3 Å². The first-order valence-corrected chi connectivity index (χ1v) is 6.23. The second-order valence-corrected chi connectivity index (χ2v) is 5.31. The Morgan fingerprint density at radius 3 is 2.82 bits per heavy atom. The molecule has 0 N–H and O–H groups in total. The van der Waals surface area contributed by atoms with E-state index in [4.69, 9.17) is 11.6 Å². The maximum absolute atomic E-state index is 11.1. The van der Waals surface area contributed by atoms with Crippen LogP contribution in [0.3, 0.4) is 0 Å². The van der Waals surface area contributed by atoms with Crippen molar-refractivity contribution in [1.29, 1.82) is 0 Å². The molecule has 1 heterocycles. The first-order chi connectivity index (χ1) is 8.15. The first kappa shape index (κ1) is 10.8. The van der Waals surface area contributed by atoms with Crippen molar-refractivity contribution in [3.05, 3.63) is 33.3 Å². The van der Waals surface area contributed by atoms with Crippen LogP contribution in [0.4, 0.5) is 11.4 Å². The maximum Gasteiger partial charge on any atom is 0.294 e. The van der Waals surface area contributed by atoms with E-state index in [1.54, 1.807) is 12.1 Å². The van der Waals surface area contributed by atoms with Gasteiger partial charge in [0.25, 0.3) is 5.69 Å². The fraction of sp³-hybridized carbons (Fsp3) is 0.500. The molecule has 0 spiro atoms. The molecule has 0 amide bonds.